The summed E-state index contributed by atoms with van der Waals surface area (Å²) < 4.78 is 10.5. The number of hydrogen-bond donors (Lipinski definition) is 1. The van der Waals surface area contributed by atoms with E-state index >= 15 is 0 Å². The number of hydrogen-bond acceptors (Lipinski definition) is 3. The van der Waals surface area contributed by atoms with Crippen molar-refractivity contribution in [1.82, 2.24) is 0 Å². The van der Waals surface area contributed by atoms with E-state index in [0.29, 0.717) is 17.2 Å². The molecule has 0 unspecified atom stereocenters. The highest BCUT2D eigenvalue weighted by molar-refractivity contribution is 6.31. The smallest absolute Gasteiger partial charge is 0.231 e. The number of fused-ring (bicyclic) bond motifs is 1. The molecular formula is C11H11ClO3. The largest absolute Gasteiger partial charge is 0.454 e. The van der Waals surface area contributed by atoms with Crippen LogP contribution in [0.15, 0.2) is 12.1 Å². The van der Waals surface area contributed by atoms with E-state index in [1.165, 1.54) is 0 Å². The molecule has 1 aliphatic carbocycles. The van der Waals surface area contributed by atoms with Gasteiger partial charge in [-0.25, -0.2) is 0 Å². The summed E-state index contributed by atoms with van der Waals surface area (Å²) in [7, 11) is 0. The Morgan fingerprint density at radius 1 is 1.27 bits per heavy atom. The molecule has 80 valence electrons. The molecule has 0 saturated heterocycles. The zero-order chi connectivity index (χ0) is 10.5. The topological polar surface area (TPSA) is 38.7 Å². The average molecular weight is 227 g/mol. The standard InChI is InChI=1S/C11H11ClO3/c12-8-4-10-9(14-6-15-10)3-7(8)5-11(13)1-2-11/h3-4,13H,1-2,5-6H2. The van der Waals surface area contributed by atoms with Gasteiger partial charge in [-0.1, -0.05) is 11.6 Å². The van der Waals surface area contributed by atoms with E-state index in [2.05, 4.69) is 0 Å². The van der Waals surface area contributed by atoms with Gasteiger partial charge < -0.3 is 14.6 Å². The highest BCUT2D eigenvalue weighted by atomic mass is 35.5. The molecule has 2 aliphatic rings. The summed E-state index contributed by atoms with van der Waals surface area (Å²) in [6, 6.07) is 3.62. The molecule has 15 heavy (non-hydrogen) atoms. The maximum Gasteiger partial charge on any atom is 0.231 e. The second kappa shape index (κ2) is 3.03. The Labute approximate surface area is 92.6 Å². The molecule has 0 aromatic heterocycles. The van der Waals surface area contributed by atoms with Gasteiger partial charge in [-0.05, 0) is 24.5 Å². The van der Waals surface area contributed by atoms with E-state index in [1.54, 1.807) is 6.07 Å². The number of benzene rings is 1. The van der Waals surface area contributed by atoms with E-state index in [-0.39, 0.29) is 6.79 Å². The molecule has 0 bridgehead atoms. The highest BCUT2D eigenvalue weighted by Crippen LogP contribution is 2.43. The zero-order valence-electron chi connectivity index (χ0n) is 8.12. The van der Waals surface area contributed by atoms with Crippen molar-refractivity contribution in [1.29, 1.82) is 0 Å². The maximum atomic E-state index is 9.82. The van der Waals surface area contributed by atoms with Crippen LogP contribution in [-0.2, 0) is 6.42 Å². The molecule has 1 aliphatic heterocycles. The van der Waals surface area contributed by atoms with Crippen LogP contribution in [0.2, 0.25) is 5.02 Å². The van der Waals surface area contributed by atoms with Crippen LogP contribution >= 0.6 is 11.6 Å². The van der Waals surface area contributed by atoms with E-state index in [9.17, 15) is 5.11 Å². The molecule has 0 radical (unpaired) electrons. The number of ether oxygens (including phenoxy) is 2. The van der Waals surface area contributed by atoms with Crippen molar-refractivity contribution in [3.63, 3.8) is 0 Å². The first kappa shape index (κ1) is 9.31. The van der Waals surface area contributed by atoms with Gasteiger partial charge in [-0.15, -0.1) is 0 Å². The SMILES string of the molecule is OC1(Cc2cc3c(cc2Cl)OCO3)CC1. The number of aliphatic hydroxyl groups is 1. The average Bonchev–Trinajstić information content (AvgIpc) is 2.74. The quantitative estimate of drug-likeness (QED) is 0.840. The van der Waals surface area contributed by atoms with Gasteiger partial charge in [-0.2, -0.15) is 0 Å². The van der Waals surface area contributed by atoms with Gasteiger partial charge in [0.05, 0.1) is 5.60 Å². The Kier molecular flexibility index (Phi) is 1.88. The summed E-state index contributed by atoms with van der Waals surface area (Å²) in [5, 5.41) is 10.5. The van der Waals surface area contributed by atoms with Gasteiger partial charge in [0.2, 0.25) is 6.79 Å². The van der Waals surface area contributed by atoms with Crippen LogP contribution in [0, 0.1) is 0 Å². The number of halogens is 1. The minimum Gasteiger partial charge on any atom is -0.454 e. The monoisotopic (exact) mass is 226 g/mol. The van der Waals surface area contributed by atoms with E-state index in [1.807, 2.05) is 6.07 Å². The Morgan fingerprint density at radius 2 is 1.93 bits per heavy atom. The molecule has 3 rings (SSSR count). The van der Waals surface area contributed by atoms with Gasteiger partial charge in [0.25, 0.3) is 0 Å². The molecule has 3 nitrogen and oxygen atoms in total. The van der Waals surface area contributed by atoms with E-state index in [4.69, 9.17) is 21.1 Å². The zero-order valence-corrected chi connectivity index (χ0v) is 8.88. The molecular weight excluding hydrogens is 216 g/mol. The van der Waals surface area contributed by atoms with E-state index < -0.39 is 5.60 Å². The van der Waals surface area contributed by atoms with Crippen molar-refractivity contribution in [3.05, 3.63) is 22.7 Å². The molecule has 1 N–H and O–H groups in total. The van der Waals surface area contributed by atoms with E-state index in [0.717, 1.165) is 24.2 Å². The third-order valence-electron chi connectivity index (χ3n) is 2.89. The van der Waals surface area contributed by atoms with Gasteiger partial charge in [0, 0.05) is 17.5 Å². The molecule has 1 aromatic carbocycles. The molecule has 0 atom stereocenters. The van der Waals surface area contributed by atoms with Crippen molar-refractivity contribution < 1.29 is 14.6 Å². The summed E-state index contributed by atoms with van der Waals surface area (Å²) in [6.07, 6.45) is 2.32. The maximum absolute atomic E-state index is 9.82. The first-order valence-electron chi connectivity index (χ1n) is 4.97. The summed E-state index contributed by atoms with van der Waals surface area (Å²) >= 11 is 6.10. The molecule has 4 heteroatoms. The fourth-order valence-corrected chi connectivity index (χ4v) is 1.99. The van der Waals surface area contributed by atoms with Crippen molar-refractivity contribution in [3.8, 4) is 11.5 Å². The van der Waals surface area contributed by atoms with Gasteiger partial charge in [-0.3, -0.25) is 0 Å². The van der Waals surface area contributed by atoms with Crippen LogP contribution in [0.3, 0.4) is 0 Å². The molecule has 0 spiro atoms. The van der Waals surface area contributed by atoms with Crippen LogP contribution in [0.25, 0.3) is 0 Å². The molecule has 1 heterocycles. The Hall–Kier alpha value is -0.930. The van der Waals surface area contributed by atoms with Crippen molar-refractivity contribution in [2.45, 2.75) is 24.9 Å². The lowest BCUT2D eigenvalue weighted by Gasteiger charge is -2.10. The van der Waals surface area contributed by atoms with Gasteiger partial charge in [0.15, 0.2) is 11.5 Å². The highest BCUT2D eigenvalue weighted by Gasteiger charge is 2.40. The summed E-state index contributed by atoms with van der Waals surface area (Å²) in [6.45, 7) is 0.249. The Morgan fingerprint density at radius 3 is 2.60 bits per heavy atom. The summed E-state index contributed by atoms with van der Waals surface area (Å²) in [4.78, 5) is 0. The summed E-state index contributed by atoms with van der Waals surface area (Å²) in [5.41, 5.74) is 0.401. The minimum atomic E-state index is -0.530. The fourth-order valence-electron chi connectivity index (χ4n) is 1.77. The minimum absolute atomic E-state index is 0.249. The van der Waals surface area contributed by atoms with Crippen molar-refractivity contribution in [2.75, 3.05) is 6.79 Å². The van der Waals surface area contributed by atoms with Crippen molar-refractivity contribution >= 4 is 11.6 Å². The number of rotatable bonds is 2. The lowest BCUT2D eigenvalue weighted by molar-refractivity contribution is 0.151. The van der Waals surface area contributed by atoms with Gasteiger partial charge >= 0.3 is 0 Å². The third kappa shape index (κ3) is 1.66. The summed E-state index contributed by atoms with van der Waals surface area (Å²) in [5.74, 6) is 1.41. The predicted molar refractivity (Wildman–Crippen MR) is 55.5 cm³/mol. The second-order valence-corrected chi connectivity index (χ2v) is 4.61. The second-order valence-electron chi connectivity index (χ2n) is 4.20. The van der Waals surface area contributed by atoms with Crippen LogP contribution in [0.1, 0.15) is 18.4 Å². The van der Waals surface area contributed by atoms with Gasteiger partial charge in [0.1, 0.15) is 0 Å². The Balaban J connectivity index is 1.94. The van der Waals surface area contributed by atoms with Crippen LogP contribution in [0.5, 0.6) is 11.5 Å². The van der Waals surface area contributed by atoms with Crippen LogP contribution in [0.4, 0.5) is 0 Å². The molecule has 0 amide bonds. The first-order chi connectivity index (χ1) is 7.16. The van der Waals surface area contributed by atoms with Crippen LogP contribution in [-0.4, -0.2) is 17.5 Å². The molecule has 1 aromatic rings. The molecule has 1 saturated carbocycles. The lowest BCUT2D eigenvalue weighted by atomic mass is 10.1. The third-order valence-corrected chi connectivity index (χ3v) is 3.24. The normalized spacial score (nSPS) is 20.4. The fraction of sp³-hybridized carbons (Fsp3) is 0.455. The lowest BCUT2D eigenvalue weighted by Crippen LogP contribution is -2.10. The molecule has 1 fully saturated rings. The van der Waals surface area contributed by atoms with Crippen molar-refractivity contribution in [2.24, 2.45) is 0 Å². The van der Waals surface area contributed by atoms with Crippen LogP contribution < -0.4 is 9.47 Å². The first-order valence-corrected chi connectivity index (χ1v) is 5.35. The predicted octanol–water partition coefficient (Wildman–Crippen LogP) is 2.14. The Bertz CT molecular complexity index is 413.